The van der Waals surface area contributed by atoms with E-state index in [1.165, 1.54) is 54.1 Å². The Balaban J connectivity index is 1.08. The summed E-state index contributed by atoms with van der Waals surface area (Å²) < 4.78 is 12.4. The minimum atomic E-state index is -2.87. The lowest BCUT2D eigenvalue weighted by Gasteiger charge is -2.35. The van der Waals surface area contributed by atoms with Gasteiger partial charge in [0.2, 0.25) is 0 Å². The van der Waals surface area contributed by atoms with E-state index < -0.39 is 8.07 Å². The first-order valence-corrected chi connectivity index (χ1v) is 21.5. The fourth-order valence-electron chi connectivity index (χ4n) is 8.93. The van der Waals surface area contributed by atoms with Crippen LogP contribution in [0, 0.1) is 0 Å². The highest BCUT2D eigenvalue weighted by atomic mass is 28.3. The summed E-state index contributed by atoms with van der Waals surface area (Å²) in [6.07, 6.45) is 0. The molecule has 0 atom stereocenters. The van der Waals surface area contributed by atoms with Gasteiger partial charge in [0.25, 0.3) is 0 Å². The van der Waals surface area contributed by atoms with Crippen LogP contribution in [0.25, 0.3) is 77.3 Å². The third kappa shape index (κ3) is 5.55. The normalized spacial score (nSPS) is 11.9. The molecular formula is C54H36O2Si. The second-order valence-electron chi connectivity index (χ2n) is 14.8. The summed E-state index contributed by atoms with van der Waals surface area (Å²) in [7, 11) is -2.87. The van der Waals surface area contributed by atoms with Gasteiger partial charge in [-0.15, -0.1) is 0 Å². The Morgan fingerprint density at radius 2 is 0.579 bits per heavy atom. The Labute approximate surface area is 331 Å². The number of benzene rings is 9. The molecule has 0 fully saturated rings. The van der Waals surface area contributed by atoms with Gasteiger partial charge >= 0.3 is 0 Å². The van der Waals surface area contributed by atoms with Crippen molar-refractivity contribution in [2.45, 2.75) is 0 Å². The summed E-state index contributed by atoms with van der Waals surface area (Å²) in [5.74, 6) is 0. The lowest BCUT2D eigenvalue weighted by atomic mass is 9.98. The van der Waals surface area contributed by atoms with Crippen molar-refractivity contribution in [3.63, 3.8) is 0 Å². The van der Waals surface area contributed by atoms with Crippen molar-refractivity contribution in [3.05, 3.63) is 218 Å². The number of rotatable bonds is 7. The van der Waals surface area contributed by atoms with E-state index in [4.69, 9.17) is 8.83 Å². The largest absolute Gasteiger partial charge is 0.456 e. The maximum Gasteiger partial charge on any atom is 0.179 e. The second-order valence-corrected chi connectivity index (χ2v) is 18.7. The quantitative estimate of drug-likeness (QED) is 0.120. The van der Waals surface area contributed by atoms with Gasteiger partial charge in [-0.3, -0.25) is 0 Å². The molecule has 2 heterocycles. The number of fused-ring (bicyclic) bond motifs is 6. The number of para-hydroxylation sites is 2. The summed E-state index contributed by atoms with van der Waals surface area (Å²) in [6, 6.07) is 79.6. The SMILES string of the molecule is c1ccc([Si](c2ccccc2)(c2cccc(-c3cccc(-c4ccc5oc6ccccc6c5c4)c3)c2)c2cccc(-c3ccc4oc5ccccc5c4c3)c2)cc1. The first kappa shape index (κ1) is 33.2. The van der Waals surface area contributed by atoms with E-state index >= 15 is 0 Å². The number of furan rings is 2. The highest BCUT2D eigenvalue weighted by Gasteiger charge is 2.41. The van der Waals surface area contributed by atoms with Crippen molar-refractivity contribution in [2.75, 3.05) is 0 Å². The van der Waals surface area contributed by atoms with Gasteiger partial charge in [-0.25, -0.2) is 0 Å². The lowest BCUT2D eigenvalue weighted by Crippen LogP contribution is -2.74. The first-order chi connectivity index (χ1) is 28.2. The van der Waals surface area contributed by atoms with Gasteiger partial charge in [-0.1, -0.05) is 176 Å². The molecule has 0 saturated heterocycles. The summed E-state index contributed by atoms with van der Waals surface area (Å²) in [5, 5.41) is 9.91. The summed E-state index contributed by atoms with van der Waals surface area (Å²) in [6.45, 7) is 0. The van der Waals surface area contributed by atoms with Gasteiger partial charge in [0, 0.05) is 21.5 Å². The van der Waals surface area contributed by atoms with Crippen molar-refractivity contribution < 1.29 is 8.83 Å². The molecule has 57 heavy (non-hydrogen) atoms. The summed E-state index contributed by atoms with van der Waals surface area (Å²) in [4.78, 5) is 0. The molecule has 0 spiro atoms. The predicted molar refractivity (Wildman–Crippen MR) is 241 cm³/mol. The van der Waals surface area contributed by atoms with Crippen LogP contribution in [0.1, 0.15) is 0 Å². The zero-order valence-corrected chi connectivity index (χ0v) is 32.1. The molecule has 0 aliphatic carbocycles. The maximum atomic E-state index is 6.21. The Morgan fingerprint density at radius 1 is 0.228 bits per heavy atom. The summed E-state index contributed by atoms with van der Waals surface area (Å²) in [5.41, 5.74) is 10.7. The fourth-order valence-corrected chi connectivity index (χ4v) is 13.8. The van der Waals surface area contributed by atoms with E-state index in [-0.39, 0.29) is 0 Å². The molecule has 0 N–H and O–H groups in total. The molecule has 268 valence electrons. The van der Waals surface area contributed by atoms with Crippen LogP contribution in [0.5, 0.6) is 0 Å². The average molecular weight is 745 g/mol. The van der Waals surface area contributed by atoms with Crippen LogP contribution in [-0.2, 0) is 0 Å². The van der Waals surface area contributed by atoms with Gasteiger partial charge in [0.1, 0.15) is 22.3 Å². The molecule has 3 heteroatoms. The molecule has 0 radical (unpaired) electrons. The molecule has 0 aliphatic rings. The van der Waals surface area contributed by atoms with E-state index in [9.17, 15) is 0 Å². The average Bonchev–Trinajstić information content (AvgIpc) is 3.85. The maximum absolute atomic E-state index is 6.21. The lowest BCUT2D eigenvalue weighted by molar-refractivity contribution is 0.668. The smallest absolute Gasteiger partial charge is 0.179 e. The molecule has 11 aromatic rings. The standard InChI is InChI=1S/C54H36O2Si/c1-3-18-43(19-4-1)57(44-20-5-2-6-21-44,46-23-13-17-40(34-46)42-29-31-54-50(36-42)48-25-8-10-27-52(48)56-54)45-22-12-16-39(33-45)37-14-11-15-38(32-37)41-28-30-53-49(35-41)47-24-7-9-26-51(47)55-53/h1-36H. The van der Waals surface area contributed by atoms with Crippen molar-refractivity contribution in [1.82, 2.24) is 0 Å². The van der Waals surface area contributed by atoms with Crippen LogP contribution < -0.4 is 20.7 Å². The predicted octanol–water partition coefficient (Wildman–Crippen LogP) is 11.9. The van der Waals surface area contributed by atoms with Crippen LogP contribution in [-0.4, -0.2) is 8.07 Å². The van der Waals surface area contributed by atoms with Crippen LogP contribution in [0.15, 0.2) is 227 Å². The molecule has 0 amide bonds. The van der Waals surface area contributed by atoms with E-state index in [0.29, 0.717) is 0 Å². The number of hydrogen-bond donors (Lipinski definition) is 0. The first-order valence-electron chi connectivity index (χ1n) is 19.5. The molecule has 0 bridgehead atoms. The van der Waals surface area contributed by atoms with Crippen molar-refractivity contribution in [3.8, 4) is 33.4 Å². The Morgan fingerprint density at radius 3 is 1.05 bits per heavy atom. The van der Waals surface area contributed by atoms with Crippen LogP contribution in [0.3, 0.4) is 0 Å². The van der Waals surface area contributed by atoms with Gasteiger partial charge in [0.05, 0.1) is 0 Å². The van der Waals surface area contributed by atoms with Gasteiger partial charge in [0.15, 0.2) is 8.07 Å². The molecule has 2 nitrogen and oxygen atoms in total. The highest BCUT2D eigenvalue weighted by Crippen LogP contribution is 2.35. The molecule has 0 saturated carbocycles. The van der Waals surface area contributed by atoms with Crippen molar-refractivity contribution in [2.24, 2.45) is 0 Å². The highest BCUT2D eigenvalue weighted by molar-refractivity contribution is 7.20. The molecule has 2 aromatic heterocycles. The van der Waals surface area contributed by atoms with Gasteiger partial charge in [-0.05, 0) is 96.6 Å². The van der Waals surface area contributed by atoms with E-state index in [1.807, 2.05) is 24.3 Å². The number of hydrogen-bond acceptors (Lipinski definition) is 2. The molecule has 11 rings (SSSR count). The Kier molecular flexibility index (Phi) is 7.87. The van der Waals surface area contributed by atoms with Crippen molar-refractivity contribution >= 4 is 72.7 Å². The van der Waals surface area contributed by atoms with E-state index in [2.05, 4.69) is 194 Å². The molecular weight excluding hydrogens is 709 g/mol. The van der Waals surface area contributed by atoms with Crippen LogP contribution in [0.2, 0.25) is 0 Å². The monoisotopic (exact) mass is 744 g/mol. The third-order valence-electron chi connectivity index (χ3n) is 11.6. The molecule has 0 unspecified atom stereocenters. The zero-order chi connectivity index (χ0) is 37.8. The Hall–Kier alpha value is -7.20. The van der Waals surface area contributed by atoms with Crippen LogP contribution in [0.4, 0.5) is 0 Å². The fraction of sp³-hybridized carbons (Fsp3) is 0. The Bertz CT molecular complexity index is 3210. The van der Waals surface area contributed by atoms with Crippen LogP contribution >= 0.6 is 0 Å². The zero-order valence-electron chi connectivity index (χ0n) is 31.1. The molecule has 9 aromatic carbocycles. The second kappa shape index (κ2) is 13.5. The molecule has 0 aliphatic heterocycles. The third-order valence-corrected chi connectivity index (χ3v) is 16.4. The van der Waals surface area contributed by atoms with Gasteiger partial charge < -0.3 is 8.83 Å². The van der Waals surface area contributed by atoms with E-state index in [1.54, 1.807) is 0 Å². The topological polar surface area (TPSA) is 26.3 Å². The minimum Gasteiger partial charge on any atom is -0.456 e. The summed E-state index contributed by atoms with van der Waals surface area (Å²) >= 11 is 0. The van der Waals surface area contributed by atoms with Gasteiger partial charge in [-0.2, -0.15) is 0 Å². The minimum absolute atomic E-state index is 0.907. The van der Waals surface area contributed by atoms with Crippen molar-refractivity contribution in [1.29, 1.82) is 0 Å². The van der Waals surface area contributed by atoms with E-state index in [0.717, 1.165) is 43.9 Å².